The quantitative estimate of drug-likeness (QED) is 0.534. The predicted octanol–water partition coefficient (Wildman–Crippen LogP) is 2.50. The number of para-hydroxylation sites is 1. The van der Waals surface area contributed by atoms with Gasteiger partial charge in [0.1, 0.15) is 5.75 Å². The number of aromatic nitrogens is 3. The van der Waals surface area contributed by atoms with Crippen molar-refractivity contribution in [1.82, 2.24) is 19.9 Å². The second-order valence-electron chi connectivity index (χ2n) is 5.95. The Kier molecular flexibility index (Phi) is 4.79. The summed E-state index contributed by atoms with van der Waals surface area (Å²) in [6.07, 6.45) is 1.50. The normalized spacial score (nSPS) is 10.4. The summed E-state index contributed by atoms with van der Waals surface area (Å²) in [5.74, 6) is -0.487. The topological polar surface area (TPSA) is 77.3 Å². The summed E-state index contributed by atoms with van der Waals surface area (Å²) < 4.78 is 6.92. The fraction of sp³-hybridized carbons (Fsp3) is 0.158. The van der Waals surface area contributed by atoms with Crippen molar-refractivity contribution in [3.8, 4) is 11.4 Å². The molecule has 0 N–H and O–H groups in total. The smallest absolute Gasteiger partial charge is 0.365 e. The van der Waals surface area contributed by atoms with Crippen LogP contribution in [-0.4, -0.2) is 45.9 Å². The van der Waals surface area contributed by atoms with E-state index in [9.17, 15) is 9.59 Å². The highest BCUT2D eigenvalue weighted by Gasteiger charge is 2.17. The third-order valence-electron chi connectivity index (χ3n) is 3.77. The van der Waals surface area contributed by atoms with Gasteiger partial charge in [0, 0.05) is 19.7 Å². The van der Waals surface area contributed by atoms with Crippen LogP contribution in [0.15, 0.2) is 54.7 Å². The molecule has 0 aliphatic heterocycles. The Morgan fingerprint density at radius 2 is 1.81 bits per heavy atom. The van der Waals surface area contributed by atoms with Crippen LogP contribution < -0.4 is 4.74 Å². The minimum absolute atomic E-state index is 0.0811. The minimum Gasteiger partial charge on any atom is -0.421 e. The first kappa shape index (κ1) is 17.3. The van der Waals surface area contributed by atoms with Gasteiger partial charge in [0.2, 0.25) is 0 Å². The van der Waals surface area contributed by atoms with Gasteiger partial charge in [0.15, 0.2) is 5.69 Å². The predicted molar refractivity (Wildman–Crippen MR) is 95.5 cm³/mol. The minimum atomic E-state index is -0.635. The van der Waals surface area contributed by atoms with E-state index in [2.05, 4.69) is 10.3 Å². The second-order valence-corrected chi connectivity index (χ2v) is 5.95. The van der Waals surface area contributed by atoms with Gasteiger partial charge >= 0.3 is 5.97 Å². The molecule has 0 saturated heterocycles. The number of carbonyl (C=O) groups excluding carboxylic acids is 2. The van der Waals surface area contributed by atoms with Crippen LogP contribution in [0, 0.1) is 6.92 Å². The number of esters is 1. The molecule has 0 atom stereocenters. The molecule has 0 radical (unpaired) electrons. The van der Waals surface area contributed by atoms with E-state index in [0.717, 1.165) is 11.3 Å². The molecule has 26 heavy (non-hydrogen) atoms. The summed E-state index contributed by atoms with van der Waals surface area (Å²) in [7, 11) is 3.32. The van der Waals surface area contributed by atoms with Crippen LogP contribution >= 0.6 is 0 Å². The summed E-state index contributed by atoms with van der Waals surface area (Å²) in [6.45, 7) is 1.80. The van der Waals surface area contributed by atoms with Gasteiger partial charge in [-0.15, -0.1) is 5.10 Å². The van der Waals surface area contributed by atoms with Crippen molar-refractivity contribution in [2.75, 3.05) is 14.1 Å². The van der Waals surface area contributed by atoms with Crippen LogP contribution in [0.4, 0.5) is 0 Å². The lowest BCUT2D eigenvalue weighted by atomic mass is 10.1. The van der Waals surface area contributed by atoms with E-state index >= 15 is 0 Å². The number of nitrogens with zero attached hydrogens (tertiary/aromatic N) is 4. The van der Waals surface area contributed by atoms with Gasteiger partial charge in [-0.1, -0.05) is 29.5 Å². The van der Waals surface area contributed by atoms with Crippen LogP contribution in [0.2, 0.25) is 0 Å². The molecule has 3 aromatic rings. The average Bonchev–Trinajstić information content (AvgIpc) is 3.14. The Bertz CT molecular complexity index is 948. The van der Waals surface area contributed by atoms with E-state index in [0.29, 0.717) is 11.3 Å². The Morgan fingerprint density at radius 3 is 2.50 bits per heavy atom. The molecule has 1 heterocycles. The van der Waals surface area contributed by atoms with Crippen LogP contribution in [0.3, 0.4) is 0 Å². The Hall–Kier alpha value is -3.48. The standard InChI is InChI=1S/C19H18N4O3/c1-13-9-10-14(18(24)22(2)3)11-17(13)26-19(25)16-12-23(21-20-16)15-7-5-4-6-8-15/h4-12H,1-3H3. The molecule has 0 unspecified atom stereocenters. The summed E-state index contributed by atoms with van der Waals surface area (Å²) in [5.41, 5.74) is 2.05. The molecule has 0 saturated carbocycles. The van der Waals surface area contributed by atoms with Gasteiger partial charge in [-0.25, -0.2) is 9.48 Å². The second kappa shape index (κ2) is 7.18. The number of rotatable bonds is 4. The van der Waals surface area contributed by atoms with Crippen molar-refractivity contribution in [3.05, 3.63) is 71.5 Å². The molecule has 1 aromatic heterocycles. The fourth-order valence-corrected chi connectivity index (χ4v) is 2.32. The molecule has 132 valence electrons. The van der Waals surface area contributed by atoms with Crippen LogP contribution in [0.25, 0.3) is 5.69 Å². The lowest BCUT2D eigenvalue weighted by Crippen LogP contribution is -2.21. The van der Waals surface area contributed by atoms with E-state index in [1.165, 1.54) is 15.8 Å². The molecule has 3 rings (SSSR count). The molecule has 0 bridgehead atoms. The van der Waals surface area contributed by atoms with Gasteiger partial charge < -0.3 is 9.64 Å². The van der Waals surface area contributed by atoms with E-state index in [1.807, 2.05) is 30.3 Å². The third kappa shape index (κ3) is 3.61. The van der Waals surface area contributed by atoms with Crippen molar-refractivity contribution < 1.29 is 14.3 Å². The maximum atomic E-state index is 12.4. The van der Waals surface area contributed by atoms with E-state index < -0.39 is 5.97 Å². The van der Waals surface area contributed by atoms with Crippen molar-refractivity contribution in [2.45, 2.75) is 6.92 Å². The zero-order valence-corrected chi connectivity index (χ0v) is 14.7. The highest BCUT2D eigenvalue weighted by Crippen LogP contribution is 2.21. The van der Waals surface area contributed by atoms with Crippen molar-refractivity contribution in [1.29, 1.82) is 0 Å². The van der Waals surface area contributed by atoms with Gasteiger partial charge in [0.25, 0.3) is 5.91 Å². The van der Waals surface area contributed by atoms with Crippen molar-refractivity contribution >= 4 is 11.9 Å². The molecule has 7 nitrogen and oxygen atoms in total. The molecule has 0 aliphatic carbocycles. The number of aryl methyl sites for hydroxylation is 1. The fourth-order valence-electron chi connectivity index (χ4n) is 2.32. The molecular formula is C19H18N4O3. The molecule has 2 aromatic carbocycles. The molecule has 0 fully saturated rings. The number of carbonyl (C=O) groups is 2. The zero-order chi connectivity index (χ0) is 18.7. The molecule has 0 aliphatic rings. The van der Waals surface area contributed by atoms with Gasteiger partial charge in [-0.05, 0) is 36.8 Å². The van der Waals surface area contributed by atoms with Crippen LogP contribution in [-0.2, 0) is 0 Å². The molecule has 0 spiro atoms. The highest BCUT2D eigenvalue weighted by molar-refractivity contribution is 5.95. The number of hydrogen-bond acceptors (Lipinski definition) is 5. The highest BCUT2D eigenvalue weighted by atomic mass is 16.5. The lowest BCUT2D eigenvalue weighted by molar-refractivity contribution is 0.0724. The first-order valence-electron chi connectivity index (χ1n) is 7.98. The van der Waals surface area contributed by atoms with Crippen LogP contribution in [0.5, 0.6) is 5.75 Å². The molecule has 1 amide bonds. The summed E-state index contributed by atoms with van der Waals surface area (Å²) in [4.78, 5) is 25.9. The summed E-state index contributed by atoms with van der Waals surface area (Å²) in [5, 5.41) is 7.81. The number of benzene rings is 2. The van der Waals surface area contributed by atoms with Crippen molar-refractivity contribution in [2.24, 2.45) is 0 Å². The maximum Gasteiger partial charge on any atom is 0.365 e. The molecular weight excluding hydrogens is 332 g/mol. The van der Waals surface area contributed by atoms with Crippen LogP contribution in [0.1, 0.15) is 26.4 Å². The first-order chi connectivity index (χ1) is 12.5. The monoisotopic (exact) mass is 350 g/mol. The number of hydrogen-bond donors (Lipinski definition) is 0. The maximum absolute atomic E-state index is 12.4. The summed E-state index contributed by atoms with van der Waals surface area (Å²) in [6, 6.07) is 14.3. The lowest BCUT2D eigenvalue weighted by Gasteiger charge is -2.12. The zero-order valence-electron chi connectivity index (χ0n) is 14.7. The number of ether oxygens (including phenoxy) is 1. The molecule has 7 heteroatoms. The van der Waals surface area contributed by atoms with Crippen molar-refractivity contribution in [3.63, 3.8) is 0 Å². The summed E-state index contributed by atoms with van der Waals surface area (Å²) >= 11 is 0. The van der Waals surface area contributed by atoms with Gasteiger partial charge in [-0.3, -0.25) is 4.79 Å². The van der Waals surface area contributed by atoms with E-state index in [4.69, 9.17) is 4.74 Å². The largest absolute Gasteiger partial charge is 0.421 e. The van der Waals surface area contributed by atoms with E-state index in [1.54, 1.807) is 39.2 Å². The number of amides is 1. The Balaban J connectivity index is 1.81. The van der Waals surface area contributed by atoms with Gasteiger partial charge in [-0.2, -0.15) is 0 Å². The Labute approximate surface area is 150 Å². The average molecular weight is 350 g/mol. The Morgan fingerprint density at radius 1 is 1.08 bits per heavy atom. The van der Waals surface area contributed by atoms with Gasteiger partial charge in [0.05, 0.1) is 11.9 Å². The SMILES string of the molecule is Cc1ccc(C(=O)N(C)C)cc1OC(=O)c1cn(-c2ccccc2)nn1. The third-order valence-corrected chi connectivity index (χ3v) is 3.77. The van der Waals surface area contributed by atoms with E-state index in [-0.39, 0.29) is 11.6 Å². The first-order valence-corrected chi connectivity index (χ1v) is 7.98.